The van der Waals surface area contributed by atoms with Crippen molar-refractivity contribution in [1.82, 2.24) is 5.32 Å². The smallest absolute Gasteiger partial charge is 0.223 e. The van der Waals surface area contributed by atoms with Gasteiger partial charge < -0.3 is 5.32 Å². The highest BCUT2D eigenvalue weighted by Crippen LogP contribution is 2.18. The van der Waals surface area contributed by atoms with E-state index >= 15 is 0 Å². The molecule has 0 spiro atoms. The normalized spacial score (nSPS) is 12.4. The number of rotatable bonds is 7. The highest BCUT2D eigenvalue weighted by molar-refractivity contribution is 5.78. The van der Waals surface area contributed by atoms with E-state index in [1.807, 2.05) is 6.07 Å². The zero-order valence-electron chi connectivity index (χ0n) is 11.8. The molecule has 0 fully saturated rings. The molecule has 18 heavy (non-hydrogen) atoms. The van der Waals surface area contributed by atoms with Crippen LogP contribution in [0.25, 0.3) is 0 Å². The summed E-state index contributed by atoms with van der Waals surface area (Å²) in [5.74, 6) is 0.789. The van der Waals surface area contributed by atoms with Crippen molar-refractivity contribution in [2.75, 3.05) is 6.54 Å². The van der Waals surface area contributed by atoms with Crippen LogP contribution in [0.2, 0.25) is 0 Å². The van der Waals surface area contributed by atoms with Gasteiger partial charge in [-0.05, 0) is 24.8 Å². The van der Waals surface area contributed by atoms with Crippen molar-refractivity contribution in [3.8, 4) is 0 Å². The van der Waals surface area contributed by atoms with E-state index in [2.05, 4.69) is 50.4 Å². The van der Waals surface area contributed by atoms with E-state index in [0.717, 1.165) is 25.8 Å². The van der Waals surface area contributed by atoms with Gasteiger partial charge in [0.25, 0.3) is 0 Å². The van der Waals surface area contributed by atoms with Crippen LogP contribution in [-0.2, 0) is 4.79 Å². The monoisotopic (exact) mass is 247 g/mol. The molecule has 0 saturated carbocycles. The third-order valence-electron chi connectivity index (χ3n) is 3.64. The Bertz CT molecular complexity index is 343. The molecule has 1 N–H and O–H groups in total. The molecular weight excluding hydrogens is 222 g/mol. The molecule has 1 unspecified atom stereocenters. The summed E-state index contributed by atoms with van der Waals surface area (Å²) < 4.78 is 0. The van der Waals surface area contributed by atoms with E-state index in [-0.39, 0.29) is 11.8 Å². The van der Waals surface area contributed by atoms with Crippen LogP contribution in [0.1, 0.15) is 51.5 Å². The van der Waals surface area contributed by atoms with Gasteiger partial charge in [0.05, 0.1) is 0 Å². The number of hydrogen-bond donors (Lipinski definition) is 1. The number of benzene rings is 1. The fourth-order valence-corrected chi connectivity index (χ4v) is 2.25. The van der Waals surface area contributed by atoms with Crippen LogP contribution in [0.15, 0.2) is 30.3 Å². The first-order valence-corrected chi connectivity index (χ1v) is 7.05. The highest BCUT2D eigenvalue weighted by atomic mass is 16.1. The van der Waals surface area contributed by atoms with Crippen molar-refractivity contribution in [2.45, 2.75) is 46.0 Å². The lowest BCUT2D eigenvalue weighted by Crippen LogP contribution is -2.33. The van der Waals surface area contributed by atoms with Crippen molar-refractivity contribution in [3.05, 3.63) is 35.9 Å². The van der Waals surface area contributed by atoms with Gasteiger partial charge in [-0.15, -0.1) is 0 Å². The lowest BCUT2D eigenvalue weighted by Gasteiger charge is -2.18. The Morgan fingerprint density at radius 1 is 1.06 bits per heavy atom. The average molecular weight is 247 g/mol. The number of carbonyl (C=O) groups excluding carboxylic acids is 1. The van der Waals surface area contributed by atoms with Crippen molar-refractivity contribution in [3.63, 3.8) is 0 Å². The van der Waals surface area contributed by atoms with E-state index in [4.69, 9.17) is 0 Å². The van der Waals surface area contributed by atoms with Gasteiger partial charge >= 0.3 is 0 Å². The lowest BCUT2D eigenvalue weighted by molar-refractivity contribution is -0.125. The Morgan fingerprint density at radius 2 is 1.67 bits per heavy atom. The number of amides is 1. The van der Waals surface area contributed by atoms with Gasteiger partial charge in [0.1, 0.15) is 0 Å². The molecule has 2 nitrogen and oxygen atoms in total. The summed E-state index contributed by atoms with van der Waals surface area (Å²) in [7, 11) is 0. The van der Waals surface area contributed by atoms with Crippen molar-refractivity contribution >= 4 is 5.91 Å². The lowest BCUT2D eigenvalue weighted by atomic mass is 9.96. The summed E-state index contributed by atoms with van der Waals surface area (Å²) in [6.45, 7) is 7.06. The van der Waals surface area contributed by atoms with Crippen LogP contribution >= 0.6 is 0 Å². The molecule has 100 valence electrons. The quantitative estimate of drug-likeness (QED) is 0.781. The van der Waals surface area contributed by atoms with Crippen LogP contribution < -0.4 is 5.32 Å². The first-order chi connectivity index (χ1) is 8.72. The van der Waals surface area contributed by atoms with Gasteiger partial charge in [-0.1, -0.05) is 51.1 Å². The van der Waals surface area contributed by atoms with Gasteiger partial charge in [-0.25, -0.2) is 0 Å². The van der Waals surface area contributed by atoms with E-state index in [9.17, 15) is 4.79 Å². The third kappa shape index (κ3) is 4.17. The zero-order valence-corrected chi connectivity index (χ0v) is 11.8. The Labute approximate surface area is 111 Å². The van der Waals surface area contributed by atoms with E-state index < -0.39 is 0 Å². The Morgan fingerprint density at radius 3 is 2.17 bits per heavy atom. The predicted molar refractivity (Wildman–Crippen MR) is 76.6 cm³/mol. The van der Waals surface area contributed by atoms with Gasteiger partial charge in [-0.3, -0.25) is 4.79 Å². The molecule has 1 aromatic carbocycles. The second kappa shape index (κ2) is 7.91. The third-order valence-corrected chi connectivity index (χ3v) is 3.64. The van der Waals surface area contributed by atoms with Crippen LogP contribution in [0.5, 0.6) is 0 Å². The largest absolute Gasteiger partial charge is 0.355 e. The van der Waals surface area contributed by atoms with E-state index in [1.54, 1.807) is 0 Å². The molecule has 0 heterocycles. The summed E-state index contributed by atoms with van der Waals surface area (Å²) in [6.07, 6.45) is 2.89. The Hall–Kier alpha value is -1.31. The minimum absolute atomic E-state index is 0.165. The first kappa shape index (κ1) is 14.7. The van der Waals surface area contributed by atoms with Crippen LogP contribution in [0, 0.1) is 5.92 Å². The second-order valence-corrected chi connectivity index (χ2v) is 4.77. The summed E-state index contributed by atoms with van der Waals surface area (Å²) >= 11 is 0. The van der Waals surface area contributed by atoms with E-state index in [0.29, 0.717) is 5.92 Å². The SMILES string of the molecule is CCC(CC)C(=O)NCC(CC)c1ccccc1. The molecule has 0 aromatic heterocycles. The number of hydrogen-bond acceptors (Lipinski definition) is 1. The average Bonchev–Trinajstić information content (AvgIpc) is 2.42. The molecular formula is C16H25NO. The fraction of sp³-hybridized carbons (Fsp3) is 0.562. The second-order valence-electron chi connectivity index (χ2n) is 4.77. The molecule has 1 rings (SSSR count). The molecule has 0 radical (unpaired) electrons. The van der Waals surface area contributed by atoms with Crippen molar-refractivity contribution in [2.24, 2.45) is 5.92 Å². The van der Waals surface area contributed by atoms with Crippen molar-refractivity contribution < 1.29 is 4.79 Å². The fourth-order valence-electron chi connectivity index (χ4n) is 2.25. The molecule has 0 aliphatic carbocycles. The van der Waals surface area contributed by atoms with E-state index in [1.165, 1.54) is 5.56 Å². The molecule has 1 atom stereocenters. The maximum absolute atomic E-state index is 11.9. The van der Waals surface area contributed by atoms with Crippen LogP contribution in [0.4, 0.5) is 0 Å². The number of nitrogens with one attached hydrogen (secondary N) is 1. The van der Waals surface area contributed by atoms with Crippen LogP contribution in [0.3, 0.4) is 0 Å². The minimum atomic E-state index is 0.165. The molecule has 0 aliphatic heterocycles. The first-order valence-electron chi connectivity index (χ1n) is 7.05. The van der Waals surface area contributed by atoms with Gasteiger partial charge in [0, 0.05) is 18.4 Å². The topological polar surface area (TPSA) is 29.1 Å². The summed E-state index contributed by atoms with van der Waals surface area (Å²) in [5.41, 5.74) is 1.31. The molecule has 1 amide bonds. The zero-order chi connectivity index (χ0) is 13.4. The van der Waals surface area contributed by atoms with Gasteiger partial charge in [0.2, 0.25) is 5.91 Å². The molecule has 0 bridgehead atoms. The summed E-state index contributed by atoms with van der Waals surface area (Å²) in [4.78, 5) is 11.9. The maximum Gasteiger partial charge on any atom is 0.223 e. The molecule has 1 aromatic rings. The molecule has 0 saturated heterocycles. The Kier molecular flexibility index (Phi) is 6.48. The van der Waals surface area contributed by atoms with Gasteiger partial charge in [0.15, 0.2) is 0 Å². The van der Waals surface area contributed by atoms with Gasteiger partial charge in [-0.2, -0.15) is 0 Å². The van der Waals surface area contributed by atoms with Crippen molar-refractivity contribution in [1.29, 1.82) is 0 Å². The minimum Gasteiger partial charge on any atom is -0.355 e. The predicted octanol–water partition coefficient (Wildman–Crippen LogP) is 3.73. The maximum atomic E-state index is 11.9. The number of carbonyl (C=O) groups is 1. The standard InChI is InChI=1S/C16H25NO/c1-4-13(5-2)16(18)17-12-14(6-3)15-10-8-7-9-11-15/h7-11,13-14H,4-6,12H2,1-3H3,(H,17,18). The highest BCUT2D eigenvalue weighted by Gasteiger charge is 2.16. The summed E-state index contributed by atoms with van der Waals surface area (Å²) in [5, 5.41) is 3.10. The molecule has 0 aliphatic rings. The van der Waals surface area contributed by atoms with Crippen LogP contribution in [-0.4, -0.2) is 12.5 Å². The molecule has 2 heteroatoms. The Balaban J connectivity index is 2.53. The summed E-state index contributed by atoms with van der Waals surface area (Å²) in [6, 6.07) is 10.4.